The lowest BCUT2D eigenvalue weighted by atomic mass is 9.79. The highest BCUT2D eigenvalue weighted by atomic mass is 16.2. The Kier molecular flexibility index (Phi) is 7.55. The number of carbonyl (C=O) groups excluding carboxylic acids is 2. The molecule has 0 aromatic heterocycles. The van der Waals surface area contributed by atoms with E-state index in [-0.39, 0.29) is 11.8 Å². The number of likely N-dealkylation sites (tertiary alicyclic amines) is 1. The van der Waals surface area contributed by atoms with Crippen LogP contribution in [-0.2, 0) is 16.1 Å². The van der Waals surface area contributed by atoms with Gasteiger partial charge in [0.05, 0.1) is 0 Å². The predicted octanol–water partition coefficient (Wildman–Crippen LogP) is 3.86. The molecule has 3 atom stereocenters. The summed E-state index contributed by atoms with van der Waals surface area (Å²) in [6, 6.07) is 18.5. The monoisotopic (exact) mass is 434 g/mol. The van der Waals surface area contributed by atoms with Crippen LogP contribution in [0.5, 0.6) is 0 Å². The Labute approximate surface area is 190 Å². The van der Waals surface area contributed by atoms with E-state index in [0.29, 0.717) is 29.8 Å². The van der Waals surface area contributed by atoms with Crippen molar-refractivity contribution >= 4 is 23.2 Å². The second kappa shape index (κ2) is 10.7. The lowest BCUT2D eigenvalue weighted by molar-refractivity contribution is -0.116. The summed E-state index contributed by atoms with van der Waals surface area (Å²) >= 11 is 0. The van der Waals surface area contributed by atoms with Crippen LogP contribution >= 0.6 is 0 Å². The van der Waals surface area contributed by atoms with Crippen LogP contribution in [0.25, 0.3) is 0 Å². The normalized spacial score (nSPS) is 22.8. The second-order valence-corrected chi connectivity index (χ2v) is 9.26. The first-order valence-electron chi connectivity index (χ1n) is 11.7. The van der Waals surface area contributed by atoms with E-state index in [2.05, 4.69) is 51.2 Å². The maximum absolute atomic E-state index is 12.4. The van der Waals surface area contributed by atoms with Crippen LogP contribution in [0.3, 0.4) is 0 Å². The largest absolute Gasteiger partial charge is 0.326 e. The molecule has 0 saturated carbocycles. The molecule has 32 heavy (non-hydrogen) atoms. The zero-order valence-corrected chi connectivity index (χ0v) is 18.8. The molecular formula is C26H34N4O2. The highest BCUT2D eigenvalue weighted by molar-refractivity contribution is 5.93. The Morgan fingerprint density at radius 3 is 2.59 bits per heavy atom. The number of carbonyl (C=O) groups is 2. The van der Waals surface area contributed by atoms with Gasteiger partial charge in [-0.3, -0.25) is 14.5 Å². The first kappa shape index (κ1) is 22.5. The SMILES string of the molecule is CC(=O)Nc1cccc(NC(=O)CCC[C@H]2NC[C@@H]3C[C@@H]2CN(Cc2ccccc2)C3)c1. The van der Waals surface area contributed by atoms with Gasteiger partial charge in [0, 0.05) is 50.4 Å². The van der Waals surface area contributed by atoms with E-state index in [4.69, 9.17) is 0 Å². The number of benzene rings is 2. The molecule has 2 bridgehead atoms. The molecule has 0 spiro atoms. The van der Waals surface area contributed by atoms with Gasteiger partial charge >= 0.3 is 0 Å². The molecule has 2 aliphatic rings. The lowest BCUT2D eigenvalue weighted by Gasteiger charge is -2.46. The fraction of sp³-hybridized carbons (Fsp3) is 0.462. The van der Waals surface area contributed by atoms with Crippen LogP contribution in [0, 0.1) is 11.8 Å². The van der Waals surface area contributed by atoms with Crippen molar-refractivity contribution < 1.29 is 9.59 Å². The highest BCUT2D eigenvalue weighted by Gasteiger charge is 2.36. The number of hydrogen-bond donors (Lipinski definition) is 3. The molecule has 2 amide bonds. The first-order chi connectivity index (χ1) is 15.5. The van der Waals surface area contributed by atoms with Gasteiger partial charge in [0.15, 0.2) is 0 Å². The Balaban J connectivity index is 1.22. The molecule has 0 aliphatic carbocycles. The van der Waals surface area contributed by atoms with E-state index in [1.165, 1.54) is 25.5 Å². The van der Waals surface area contributed by atoms with E-state index in [0.717, 1.165) is 38.4 Å². The van der Waals surface area contributed by atoms with Crippen molar-refractivity contribution in [3.05, 3.63) is 60.2 Å². The summed E-state index contributed by atoms with van der Waals surface area (Å²) in [5, 5.41) is 9.45. The Bertz CT molecular complexity index is 917. The number of anilines is 2. The number of nitrogens with one attached hydrogen (secondary N) is 3. The average Bonchev–Trinajstić information content (AvgIpc) is 2.76. The summed E-state index contributed by atoms with van der Waals surface area (Å²) in [5.41, 5.74) is 2.79. The zero-order valence-electron chi connectivity index (χ0n) is 18.8. The maximum atomic E-state index is 12.4. The fourth-order valence-corrected chi connectivity index (χ4v) is 5.17. The van der Waals surface area contributed by atoms with Gasteiger partial charge in [-0.1, -0.05) is 36.4 Å². The quantitative estimate of drug-likeness (QED) is 0.590. The van der Waals surface area contributed by atoms with Crippen molar-refractivity contribution in [2.24, 2.45) is 11.8 Å². The van der Waals surface area contributed by atoms with Crippen LogP contribution in [0.15, 0.2) is 54.6 Å². The average molecular weight is 435 g/mol. The molecule has 2 saturated heterocycles. The lowest BCUT2D eigenvalue weighted by Crippen LogP contribution is -2.55. The van der Waals surface area contributed by atoms with Gasteiger partial charge in [0.2, 0.25) is 11.8 Å². The second-order valence-electron chi connectivity index (χ2n) is 9.26. The minimum absolute atomic E-state index is 0.0213. The summed E-state index contributed by atoms with van der Waals surface area (Å²) < 4.78 is 0. The number of fused-ring (bicyclic) bond motifs is 2. The van der Waals surface area contributed by atoms with E-state index in [1.807, 2.05) is 18.2 Å². The van der Waals surface area contributed by atoms with Crippen LogP contribution in [0.2, 0.25) is 0 Å². The Morgan fingerprint density at radius 2 is 1.81 bits per heavy atom. The van der Waals surface area contributed by atoms with Gasteiger partial charge in [-0.05, 0) is 61.4 Å². The number of rotatable bonds is 8. The van der Waals surface area contributed by atoms with Crippen LogP contribution in [0.4, 0.5) is 11.4 Å². The summed E-state index contributed by atoms with van der Waals surface area (Å²) in [6.07, 6.45) is 3.70. The van der Waals surface area contributed by atoms with Crippen molar-refractivity contribution in [2.75, 3.05) is 30.3 Å². The molecule has 2 aromatic rings. The van der Waals surface area contributed by atoms with Crippen molar-refractivity contribution in [3.8, 4) is 0 Å². The molecule has 170 valence electrons. The van der Waals surface area contributed by atoms with E-state index in [9.17, 15) is 9.59 Å². The number of hydrogen-bond acceptors (Lipinski definition) is 4. The smallest absolute Gasteiger partial charge is 0.224 e. The summed E-state index contributed by atoms with van der Waals surface area (Å²) in [6.45, 7) is 5.88. The zero-order chi connectivity index (χ0) is 22.3. The number of piperidine rings is 2. The van der Waals surface area contributed by atoms with Crippen molar-refractivity contribution in [3.63, 3.8) is 0 Å². The highest BCUT2D eigenvalue weighted by Crippen LogP contribution is 2.31. The molecule has 3 N–H and O–H groups in total. The molecule has 6 nitrogen and oxygen atoms in total. The number of amides is 2. The minimum Gasteiger partial charge on any atom is -0.326 e. The van der Waals surface area contributed by atoms with Gasteiger partial charge in [0.1, 0.15) is 0 Å². The molecule has 2 aromatic carbocycles. The first-order valence-corrected chi connectivity index (χ1v) is 11.7. The molecule has 4 rings (SSSR count). The van der Waals surface area contributed by atoms with Crippen LogP contribution < -0.4 is 16.0 Å². The third kappa shape index (κ3) is 6.40. The van der Waals surface area contributed by atoms with E-state index in [1.54, 1.807) is 6.07 Å². The fourth-order valence-electron chi connectivity index (χ4n) is 5.17. The third-order valence-corrected chi connectivity index (χ3v) is 6.52. The van der Waals surface area contributed by atoms with E-state index >= 15 is 0 Å². The summed E-state index contributed by atoms with van der Waals surface area (Å²) in [7, 11) is 0. The maximum Gasteiger partial charge on any atom is 0.224 e. The predicted molar refractivity (Wildman–Crippen MR) is 128 cm³/mol. The molecule has 0 radical (unpaired) electrons. The molecule has 2 fully saturated rings. The van der Waals surface area contributed by atoms with Crippen LogP contribution in [0.1, 0.15) is 38.2 Å². The van der Waals surface area contributed by atoms with Gasteiger partial charge in [0.25, 0.3) is 0 Å². The number of nitrogens with zero attached hydrogens (tertiary/aromatic N) is 1. The minimum atomic E-state index is -0.124. The molecule has 0 unspecified atom stereocenters. The molecular weight excluding hydrogens is 400 g/mol. The molecule has 6 heteroatoms. The van der Waals surface area contributed by atoms with Gasteiger partial charge < -0.3 is 16.0 Å². The van der Waals surface area contributed by atoms with E-state index < -0.39 is 0 Å². The third-order valence-electron chi connectivity index (χ3n) is 6.52. The Hall–Kier alpha value is -2.70. The summed E-state index contributed by atoms with van der Waals surface area (Å²) in [5.74, 6) is 1.28. The van der Waals surface area contributed by atoms with Gasteiger partial charge in [-0.25, -0.2) is 0 Å². The Morgan fingerprint density at radius 1 is 1.03 bits per heavy atom. The van der Waals surface area contributed by atoms with Crippen molar-refractivity contribution in [2.45, 2.75) is 45.2 Å². The topological polar surface area (TPSA) is 73.5 Å². The van der Waals surface area contributed by atoms with Gasteiger partial charge in [-0.2, -0.15) is 0 Å². The summed E-state index contributed by atoms with van der Waals surface area (Å²) in [4.78, 5) is 26.3. The molecule has 2 aliphatic heterocycles. The van der Waals surface area contributed by atoms with Gasteiger partial charge in [-0.15, -0.1) is 0 Å². The van der Waals surface area contributed by atoms with Crippen molar-refractivity contribution in [1.82, 2.24) is 10.2 Å². The molecule has 2 heterocycles. The standard InChI is InChI=1S/C26H34N4O2/c1-19(31)28-23-9-5-10-24(14-23)29-26(32)12-6-11-25-22-13-21(15-27-25)17-30(18-22)16-20-7-3-2-4-8-20/h2-5,7-10,14,21-22,25,27H,6,11-13,15-18H2,1H3,(H,28,31)(H,29,32)/t21-,22+,25+/m0/s1. The van der Waals surface area contributed by atoms with Crippen molar-refractivity contribution in [1.29, 1.82) is 0 Å². The van der Waals surface area contributed by atoms with Crippen LogP contribution in [-0.4, -0.2) is 42.4 Å².